The Hall–Kier alpha value is -0.510. The van der Waals surface area contributed by atoms with Crippen molar-refractivity contribution >= 4 is 11.8 Å². The number of benzene rings is 1. The third-order valence-corrected chi connectivity index (χ3v) is 5.69. The fourth-order valence-electron chi connectivity index (χ4n) is 3.19. The highest BCUT2D eigenvalue weighted by Crippen LogP contribution is 2.39. The van der Waals surface area contributed by atoms with Crippen LogP contribution in [0.1, 0.15) is 37.7 Å². The van der Waals surface area contributed by atoms with Crippen molar-refractivity contribution in [3.05, 3.63) is 29.8 Å². The molecule has 1 aromatic rings. The Kier molecular flexibility index (Phi) is 3.88. The average molecular weight is 277 g/mol. The third-order valence-electron chi connectivity index (χ3n) is 4.43. The third kappa shape index (κ3) is 3.15. The van der Waals surface area contributed by atoms with Crippen LogP contribution in [0.25, 0.3) is 0 Å². The zero-order valence-corrected chi connectivity index (χ0v) is 12.5. The second-order valence-electron chi connectivity index (χ2n) is 6.20. The zero-order valence-electron chi connectivity index (χ0n) is 11.6. The van der Waals surface area contributed by atoms with Crippen molar-refractivity contribution in [3.8, 4) is 0 Å². The molecule has 2 heterocycles. The predicted molar refractivity (Wildman–Crippen MR) is 80.8 cm³/mol. The standard InChI is InChI=1S/C16H23NOS/c1-16(18)7-4-9-17(10-8-16)11-13-12-19-15-6-3-2-5-14(13)15/h2-3,5-6,13,18H,4,7-12H2,1H3. The van der Waals surface area contributed by atoms with Crippen molar-refractivity contribution in [2.24, 2.45) is 0 Å². The van der Waals surface area contributed by atoms with Gasteiger partial charge in [-0.3, -0.25) is 0 Å². The van der Waals surface area contributed by atoms with Crippen LogP contribution in [-0.2, 0) is 0 Å². The molecular weight excluding hydrogens is 254 g/mol. The SMILES string of the molecule is CC1(O)CCCN(CC2CSc3ccccc32)CC1. The van der Waals surface area contributed by atoms with Crippen molar-refractivity contribution < 1.29 is 5.11 Å². The Bertz CT molecular complexity index is 446. The average Bonchev–Trinajstić information content (AvgIpc) is 2.70. The summed E-state index contributed by atoms with van der Waals surface area (Å²) in [5.41, 5.74) is 1.08. The molecule has 1 N–H and O–H groups in total. The number of nitrogens with zero attached hydrogens (tertiary/aromatic N) is 1. The molecular formula is C16H23NOS. The number of thioether (sulfide) groups is 1. The van der Waals surface area contributed by atoms with Gasteiger partial charge in [-0.1, -0.05) is 18.2 Å². The van der Waals surface area contributed by atoms with Crippen LogP contribution in [0, 0.1) is 0 Å². The minimum Gasteiger partial charge on any atom is -0.390 e. The largest absolute Gasteiger partial charge is 0.390 e. The van der Waals surface area contributed by atoms with Gasteiger partial charge in [0.05, 0.1) is 5.60 Å². The summed E-state index contributed by atoms with van der Waals surface area (Å²) in [5, 5.41) is 10.2. The van der Waals surface area contributed by atoms with Gasteiger partial charge in [-0.15, -0.1) is 11.8 Å². The van der Waals surface area contributed by atoms with Crippen molar-refractivity contribution in [2.75, 3.05) is 25.4 Å². The van der Waals surface area contributed by atoms with E-state index in [2.05, 4.69) is 29.2 Å². The second kappa shape index (κ2) is 5.47. The minimum absolute atomic E-state index is 0.447. The lowest BCUT2D eigenvalue weighted by Gasteiger charge is -2.25. The summed E-state index contributed by atoms with van der Waals surface area (Å²) in [4.78, 5) is 4.02. The van der Waals surface area contributed by atoms with Crippen LogP contribution in [0.3, 0.4) is 0 Å². The summed E-state index contributed by atoms with van der Waals surface area (Å²) >= 11 is 1.99. The lowest BCUT2D eigenvalue weighted by atomic mass is 9.98. The van der Waals surface area contributed by atoms with Crippen molar-refractivity contribution in [2.45, 2.75) is 42.6 Å². The molecule has 1 fully saturated rings. The van der Waals surface area contributed by atoms with Gasteiger partial charge in [-0.05, 0) is 44.4 Å². The van der Waals surface area contributed by atoms with Gasteiger partial charge in [-0.2, -0.15) is 0 Å². The van der Waals surface area contributed by atoms with Crippen molar-refractivity contribution in [1.82, 2.24) is 4.90 Å². The first-order chi connectivity index (χ1) is 9.14. The van der Waals surface area contributed by atoms with Gasteiger partial charge in [0, 0.05) is 29.7 Å². The van der Waals surface area contributed by atoms with E-state index in [1.165, 1.54) is 16.2 Å². The van der Waals surface area contributed by atoms with E-state index in [0.29, 0.717) is 5.92 Å². The summed E-state index contributed by atoms with van der Waals surface area (Å²) in [6, 6.07) is 8.82. The van der Waals surface area contributed by atoms with Crippen LogP contribution < -0.4 is 0 Å². The van der Waals surface area contributed by atoms with E-state index in [-0.39, 0.29) is 0 Å². The Morgan fingerprint density at radius 2 is 2.16 bits per heavy atom. The fraction of sp³-hybridized carbons (Fsp3) is 0.625. The van der Waals surface area contributed by atoms with Crippen molar-refractivity contribution in [3.63, 3.8) is 0 Å². The summed E-state index contributed by atoms with van der Waals surface area (Å²) in [7, 11) is 0. The Morgan fingerprint density at radius 3 is 3.05 bits per heavy atom. The molecule has 2 aliphatic heterocycles. The highest BCUT2D eigenvalue weighted by Gasteiger charge is 2.28. The van der Waals surface area contributed by atoms with Crippen LogP contribution in [0.2, 0.25) is 0 Å². The molecule has 3 rings (SSSR count). The molecule has 104 valence electrons. The van der Waals surface area contributed by atoms with Gasteiger partial charge in [0.2, 0.25) is 0 Å². The molecule has 3 heteroatoms. The van der Waals surface area contributed by atoms with E-state index in [4.69, 9.17) is 0 Å². The maximum Gasteiger partial charge on any atom is 0.0632 e. The molecule has 0 aromatic heterocycles. The topological polar surface area (TPSA) is 23.5 Å². The van der Waals surface area contributed by atoms with E-state index < -0.39 is 5.60 Å². The molecule has 19 heavy (non-hydrogen) atoms. The lowest BCUT2D eigenvalue weighted by Crippen LogP contribution is -2.31. The molecule has 2 nitrogen and oxygen atoms in total. The fourth-order valence-corrected chi connectivity index (χ4v) is 4.44. The number of hydrogen-bond donors (Lipinski definition) is 1. The highest BCUT2D eigenvalue weighted by molar-refractivity contribution is 7.99. The molecule has 2 unspecified atom stereocenters. The van der Waals surface area contributed by atoms with Crippen LogP contribution in [0.4, 0.5) is 0 Å². The van der Waals surface area contributed by atoms with Gasteiger partial charge in [-0.25, -0.2) is 0 Å². The number of hydrogen-bond acceptors (Lipinski definition) is 3. The zero-order chi connectivity index (χ0) is 13.3. The van der Waals surface area contributed by atoms with E-state index >= 15 is 0 Å². The summed E-state index contributed by atoms with van der Waals surface area (Å²) in [6.45, 7) is 5.31. The summed E-state index contributed by atoms with van der Waals surface area (Å²) < 4.78 is 0. The smallest absolute Gasteiger partial charge is 0.0632 e. The molecule has 1 saturated heterocycles. The van der Waals surface area contributed by atoms with Crippen molar-refractivity contribution in [1.29, 1.82) is 0 Å². The Morgan fingerprint density at radius 1 is 1.32 bits per heavy atom. The molecule has 0 amide bonds. The van der Waals surface area contributed by atoms with E-state index in [9.17, 15) is 5.11 Å². The molecule has 0 spiro atoms. The number of rotatable bonds is 2. The van der Waals surface area contributed by atoms with Crippen LogP contribution in [0.15, 0.2) is 29.2 Å². The summed E-state index contributed by atoms with van der Waals surface area (Å²) in [5.74, 6) is 1.89. The van der Waals surface area contributed by atoms with E-state index in [0.717, 1.165) is 38.9 Å². The molecule has 2 aliphatic rings. The number of aliphatic hydroxyl groups is 1. The van der Waals surface area contributed by atoms with Gasteiger partial charge >= 0.3 is 0 Å². The minimum atomic E-state index is -0.447. The molecule has 0 radical (unpaired) electrons. The molecule has 1 aromatic carbocycles. The molecule has 2 atom stereocenters. The molecule has 0 aliphatic carbocycles. The monoisotopic (exact) mass is 277 g/mol. The Balaban J connectivity index is 1.64. The maximum atomic E-state index is 10.2. The molecule has 0 bridgehead atoms. The molecule has 0 saturated carbocycles. The predicted octanol–water partition coefficient (Wildman–Crippen LogP) is 3.11. The quantitative estimate of drug-likeness (QED) is 0.898. The maximum absolute atomic E-state index is 10.2. The normalized spacial score (nSPS) is 32.0. The highest BCUT2D eigenvalue weighted by atomic mass is 32.2. The first-order valence-electron chi connectivity index (χ1n) is 7.30. The Labute approximate surface area is 120 Å². The van der Waals surface area contributed by atoms with Gasteiger partial charge in [0.1, 0.15) is 0 Å². The van der Waals surface area contributed by atoms with E-state index in [1.807, 2.05) is 18.7 Å². The van der Waals surface area contributed by atoms with Gasteiger partial charge in [0.15, 0.2) is 0 Å². The van der Waals surface area contributed by atoms with Crippen LogP contribution in [0.5, 0.6) is 0 Å². The number of fused-ring (bicyclic) bond motifs is 1. The number of likely N-dealkylation sites (tertiary alicyclic amines) is 1. The van der Waals surface area contributed by atoms with E-state index in [1.54, 1.807) is 0 Å². The second-order valence-corrected chi connectivity index (χ2v) is 7.26. The lowest BCUT2D eigenvalue weighted by molar-refractivity contribution is 0.0445. The van der Waals surface area contributed by atoms with Gasteiger partial charge in [0.25, 0.3) is 0 Å². The first kappa shape index (κ1) is 13.5. The van der Waals surface area contributed by atoms with Gasteiger partial charge < -0.3 is 10.0 Å². The van der Waals surface area contributed by atoms with Crippen LogP contribution in [-0.4, -0.2) is 41.0 Å². The first-order valence-corrected chi connectivity index (χ1v) is 8.29. The van der Waals surface area contributed by atoms with Crippen LogP contribution >= 0.6 is 11.8 Å². The summed E-state index contributed by atoms with van der Waals surface area (Å²) in [6.07, 6.45) is 2.97.